The van der Waals surface area contributed by atoms with E-state index >= 15 is 0 Å². The second-order valence-electron chi connectivity index (χ2n) is 4.16. The molecule has 0 unspecified atom stereocenters. The van der Waals surface area contributed by atoms with Crippen LogP contribution in [0.25, 0.3) is 10.9 Å². The number of rotatable bonds is 0. The summed E-state index contributed by atoms with van der Waals surface area (Å²) in [6.45, 7) is 8.86. The molecule has 2 aromatic carbocycles. The van der Waals surface area contributed by atoms with Crippen LogP contribution in [0.3, 0.4) is 0 Å². The fourth-order valence-corrected chi connectivity index (χ4v) is 1.95. The third kappa shape index (κ3) is 5.58. The molecule has 0 atom stereocenters. The molecule has 23 heavy (non-hydrogen) atoms. The molecule has 2 N–H and O–H groups in total. The lowest BCUT2D eigenvalue weighted by atomic mass is 10.2. The van der Waals surface area contributed by atoms with Gasteiger partial charge in [0.1, 0.15) is 6.33 Å². The zero-order valence-electron chi connectivity index (χ0n) is 14.4. The molecular weight excluding hydrogens is 284 g/mol. The molecule has 0 radical (unpaired) electrons. The van der Waals surface area contributed by atoms with E-state index in [0.29, 0.717) is 0 Å². The fraction of sp³-hybridized carbons (Fsp3) is 0.263. The average molecular weight is 314 g/mol. The standard InChI is InChI=1S/C8H6N2.C7H8N2.2C2H6.2H2/c1-2-4-8-7(3-1)5-9-6-10-8;1-2-4-7-6(3-1)8-5-9-7;2*1-2;;/h1-6H;1-4,8-9H,5H2;2*1-2H3;2*1H. The molecule has 3 aromatic rings. The van der Waals surface area contributed by atoms with Gasteiger partial charge in [-0.05, 0) is 18.2 Å². The predicted octanol–water partition coefficient (Wildman–Crippen LogP) is 5.66. The summed E-state index contributed by atoms with van der Waals surface area (Å²) in [5.74, 6) is 0. The molecule has 0 bridgehead atoms. The predicted molar refractivity (Wildman–Crippen MR) is 105 cm³/mol. The van der Waals surface area contributed by atoms with E-state index in [-0.39, 0.29) is 2.85 Å². The van der Waals surface area contributed by atoms with Crippen molar-refractivity contribution in [2.45, 2.75) is 27.7 Å². The minimum Gasteiger partial charge on any atom is -0.366 e. The lowest BCUT2D eigenvalue weighted by Crippen LogP contribution is -1.98. The zero-order chi connectivity index (χ0) is 16.9. The Labute approximate surface area is 142 Å². The smallest absolute Gasteiger partial charge is 0.116 e. The molecule has 4 rings (SSSR count). The molecule has 0 fully saturated rings. The number of anilines is 2. The summed E-state index contributed by atoms with van der Waals surface area (Å²) in [7, 11) is 0. The maximum atomic E-state index is 4.07. The highest BCUT2D eigenvalue weighted by Gasteiger charge is 2.04. The monoisotopic (exact) mass is 314 g/mol. The number of hydrogen-bond acceptors (Lipinski definition) is 4. The third-order valence-electron chi connectivity index (χ3n) is 2.90. The second-order valence-corrected chi connectivity index (χ2v) is 4.16. The van der Waals surface area contributed by atoms with Gasteiger partial charge in [-0.15, -0.1) is 0 Å². The summed E-state index contributed by atoms with van der Waals surface area (Å²) < 4.78 is 0. The van der Waals surface area contributed by atoms with Crippen molar-refractivity contribution in [2.24, 2.45) is 0 Å². The molecule has 1 aliphatic heterocycles. The quantitative estimate of drug-likeness (QED) is 0.562. The van der Waals surface area contributed by atoms with Crippen LogP contribution < -0.4 is 10.6 Å². The molecular formula is C19H30N4. The molecule has 4 nitrogen and oxygen atoms in total. The number of nitrogens with one attached hydrogen (secondary N) is 2. The van der Waals surface area contributed by atoms with E-state index in [1.165, 1.54) is 11.4 Å². The maximum Gasteiger partial charge on any atom is 0.116 e. The Morgan fingerprint density at radius 2 is 1.39 bits per heavy atom. The van der Waals surface area contributed by atoms with Crippen LogP contribution in [0.2, 0.25) is 0 Å². The molecule has 1 aliphatic rings. The van der Waals surface area contributed by atoms with E-state index in [9.17, 15) is 0 Å². The molecule has 0 saturated carbocycles. The zero-order valence-corrected chi connectivity index (χ0v) is 14.4. The molecule has 0 saturated heterocycles. The van der Waals surface area contributed by atoms with E-state index < -0.39 is 0 Å². The van der Waals surface area contributed by atoms with E-state index in [0.717, 1.165) is 17.6 Å². The number of fused-ring (bicyclic) bond motifs is 2. The van der Waals surface area contributed by atoms with Gasteiger partial charge in [0.2, 0.25) is 0 Å². The summed E-state index contributed by atoms with van der Waals surface area (Å²) in [5, 5.41) is 7.47. The summed E-state index contributed by atoms with van der Waals surface area (Å²) in [6, 6.07) is 16.1. The molecule has 4 heteroatoms. The van der Waals surface area contributed by atoms with Crippen molar-refractivity contribution < 1.29 is 2.85 Å². The van der Waals surface area contributed by atoms with Gasteiger partial charge in [-0.25, -0.2) is 9.97 Å². The first-order chi connectivity index (χ1) is 11.4. The first-order valence-electron chi connectivity index (χ1n) is 8.15. The summed E-state index contributed by atoms with van der Waals surface area (Å²) >= 11 is 0. The van der Waals surface area contributed by atoms with Crippen LogP contribution >= 0.6 is 0 Å². The van der Waals surface area contributed by atoms with Crippen molar-refractivity contribution in [1.82, 2.24) is 9.97 Å². The highest BCUT2D eigenvalue weighted by molar-refractivity contribution is 5.76. The molecule has 1 aromatic heterocycles. The largest absolute Gasteiger partial charge is 0.366 e. The van der Waals surface area contributed by atoms with Gasteiger partial charge in [0.15, 0.2) is 0 Å². The topological polar surface area (TPSA) is 49.8 Å². The van der Waals surface area contributed by atoms with Crippen LogP contribution in [-0.4, -0.2) is 16.6 Å². The minimum atomic E-state index is 0. The van der Waals surface area contributed by atoms with Crippen LogP contribution in [0.5, 0.6) is 0 Å². The van der Waals surface area contributed by atoms with Crippen molar-refractivity contribution in [3.63, 3.8) is 0 Å². The Balaban J connectivity index is 0. The van der Waals surface area contributed by atoms with Gasteiger partial charge in [0.25, 0.3) is 0 Å². The Morgan fingerprint density at radius 1 is 0.826 bits per heavy atom. The van der Waals surface area contributed by atoms with Gasteiger partial charge in [-0.1, -0.05) is 58.0 Å². The number of aromatic nitrogens is 2. The lowest BCUT2D eigenvalue weighted by molar-refractivity contribution is 1.22. The molecule has 126 valence electrons. The van der Waals surface area contributed by atoms with Gasteiger partial charge in [0, 0.05) is 14.4 Å². The van der Waals surface area contributed by atoms with Gasteiger partial charge in [-0.3, -0.25) is 0 Å². The Hall–Kier alpha value is -2.62. The summed E-state index contributed by atoms with van der Waals surface area (Å²) in [5.41, 5.74) is 3.41. The van der Waals surface area contributed by atoms with Crippen LogP contribution in [-0.2, 0) is 0 Å². The van der Waals surface area contributed by atoms with Crippen LogP contribution in [0.15, 0.2) is 61.1 Å². The molecule has 0 spiro atoms. The van der Waals surface area contributed by atoms with Crippen molar-refractivity contribution in [3.05, 3.63) is 61.1 Å². The van der Waals surface area contributed by atoms with E-state index in [2.05, 4.69) is 32.7 Å². The van der Waals surface area contributed by atoms with Crippen molar-refractivity contribution in [1.29, 1.82) is 0 Å². The number of nitrogens with zero attached hydrogens (tertiary/aromatic N) is 2. The number of para-hydroxylation sites is 3. The maximum absolute atomic E-state index is 4.07. The molecule has 0 amide bonds. The second kappa shape index (κ2) is 11.0. The normalized spacial score (nSPS) is 10.3. The van der Waals surface area contributed by atoms with E-state index in [1.54, 1.807) is 6.33 Å². The highest BCUT2D eigenvalue weighted by atomic mass is 15.1. The van der Waals surface area contributed by atoms with Gasteiger partial charge < -0.3 is 10.6 Å². The molecule has 0 aliphatic carbocycles. The number of benzene rings is 2. The Kier molecular flexibility index (Phi) is 8.83. The average Bonchev–Trinajstić information content (AvgIpc) is 3.14. The van der Waals surface area contributed by atoms with Gasteiger partial charge in [0.05, 0.1) is 23.6 Å². The Morgan fingerprint density at radius 3 is 2.00 bits per heavy atom. The first kappa shape index (κ1) is 18.4. The van der Waals surface area contributed by atoms with E-state index in [1.807, 2.05) is 70.3 Å². The van der Waals surface area contributed by atoms with Crippen molar-refractivity contribution >= 4 is 22.3 Å². The molecule has 2 heterocycles. The fourth-order valence-electron chi connectivity index (χ4n) is 1.95. The number of hydrogen-bond donors (Lipinski definition) is 2. The van der Waals surface area contributed by atoms with Crippen molar-refractivity contribution in [3.8, 4) is 0 Å². The van der Waals surface area contributed by atoms with Crippen molar-refractivity contribution in [2.75, 3.05) is 17.3 Å². The van der Waals surface area contributed by atoms with Crippen LogP contribution in [0.1, 0.15) is 30.5 Å². The Bertz CT molecular complexity index is 604. The summed E-state index contributed by atoms with van der Waals surface area (Å²) in [6.07, 6.45) is 3.37. The lowest BCUT2D eigenvalue weighted by Gasteiger charge is -1.93. The van der Waals surface area contributed by atoms with Crippen LogP contribution in [0.4, 0.5) is 11.4 Å². The van der Waals surface area contributed by atoms with Gasteiger partial charge in [-0.2, -0.15) is 0 Å². The van der Waals surface area contributed by atoms with Crippen LogP contribution in [0, 0.1) is 0 Å². The highest BCUT2D eigenvalue weighted by Crippen LogP contribution is 2.23. The summed E-state index contributed by atoms with van der Waals surface area (Å²) in [4.78, 5) is 7.97. The van der Waals surface area contributed by atoms with Gasteiger partial charge >= 0.3 is 0 Å². The third-order valence-corrected chi connectivity index (χ3v) is 2.90. The first-order valence-corrected chi connectivity index (χ1v) is 8.15. The van der Waals surface area contributed by atoms with E-state index in [4.69, 9.17) is 0 Å². The minimum absolute atomic E-state index is 0. The SMILES string of the molecule is CC.CC.[HH].[HH].c1ccc2c(c1)NCN2.c1ccc2ncncc2c1.